The summed E-state index contributed by atoms with van der Waals surface area (Å²) < 4.78 is 5.69. The summed E-state index contributed by atoms with van der Waals surface area (Å²) >= 11 is 1.71. The van der Waals surface area contributed by atoms with Gasteiger partial charge in [-0.1, -0.05) is 37.3 Å². The van der Waals surface area contributed by atoms with E-state index in [1.165, 1.54) is 16.7 Å². The molecule has 3 rings (SSSR count). The number of benzene rings is 2. The van der Waals surface area contributed by atoms with Gasteiger partial charge in [-0.25, -0.2) is 4.99 Å². The maximum Gasteiger partial charge on any atom is 0.154 e. The third-order valence-electron chi connectivity index (χ3n) is 4.89. The minimum absolute atomic E-state index is 0.756. The average Bonchev–Trinajstić information content (AvgIpc) is 3.16. The molecular weight excluding hydrogens is 364 g/mol. The molecule has 28 heavy (non-hydrogen) atoms. The van der Waals surface area contributed by atoms with Crippen molar-refractivity contribution in [3.63, 3.8) is 0 Å². The molecule has 1 heterocycles. The fourth-order valence-electron chi connectivity index (χ4n) is 3.28. The highest BCUT2D eigenvalue weighted by Crippen LogP contribution is 2.35. The van der Waals surface area contributed by atoms with Crippen LogP contribution in [0.25, 0.3) is 11.1 Å². The summed E-state index contributed by atoms with van der Waals surface area (Å²) in [5.74, 6) is 1.61. The smallest absolute Gasteiger partial charge is 0.154 e. The van der Waals surface area contributed by atoms with Gasteiger partial charge in [0.2, 0.25) is 0 Å². The first kappa shape index (κ1) is 20.0. The van der Waals surface area contributed by atoms with E-state index >= 15 is 0 Å². The average molecular weight is 391 g/mol. The highest BCUT2D eigenvalue weighted by Gasteiger charge is 2.12. The molecule has 0 amide bonds. The van der Waals surface area contributed by atoms with Gasteiger partial charge >= 0.3 is 0 Å². The van der Waals surface area contributed by atoms with Gasteiger partial charge in [-0.2, -0.15) is 11.3 Å². The van der Waals surface area contributed by atoms with Crippen LogP contribution in [0, 0.1) is 6.92 Å². The molecule has 0 radical (unpaired) electrons. The second-order valence-electron chi connectivity index (χ2n) is 6.64. The molecule has 0 saturated carbocycles. The van der Waals surface area contributed by atoms with Gasteiger partial charge < -0.3 is 4.74 Å². The van der Waals surface area contributed by atoms with E-state index in [1.807, 2.05) is 13.0 Å². The Kier molecular flexibility index (Phi) is 6.42. The van der Waals surface area contributed by atoms with Crippen LogP contribution >= 0.6 is 11.3 Å². The van der Waals surface area contributed by atoms with Gasteiger partial charge in [0, 0.05) is 23.9 Å². The summed E-state index contributed by atoms with van der Waals surface area (Å²) in [6, 6.07) is 14.6. The molecule has 0 N–H and O–H groups in total. The first-order chi connectivity index (χ1) is 13.6. The standard InChI is InChI=1S/C24H26N2OS/c1-6-18-9-7-8-10-20(18)24(25-4)26-17(3)19-11-12-21(23(13-19)27-5)22-15-28-14-16(22)2/h7-15H,6H2,1-5H3. The number of thiophene rings is 1. The van der Waals surface area contributed by atoms with Crippen molar-refractivity contribution in [1.29, 1.82) is 0 Å². The predicted molar refractivity (Wildman–Crippen MR) is 122 cm³/mol. The third kappa shape index (κ3) is 4.07. The van der Waals surface area contributed by atoms with Crippen molar-refractivity contribution in [2.24, 2.45) is 9.98 Å². The summed E-state index contributed by atoms with van der Waals surface area (Å²) in [5.41, 5.74) is 7.87. The van der Waals surface area contributed by atoms with Crippen molar-refractivity contribution in [3.05, 3.63) is 75.5 Å². The Hall–Kier alpha value is -2.72. The largest absolute Gasteiger partial charge is 0.496 e. The van der Waals surface area contributed by atoms with Gasteiger partial charge in [0.1, 0.15) is 5.75 Å². The lowest BCUT2D eigenvalue weighted by Crippen LogP contribution is -2.06. The monoisotopic (exact) mass is 390 g/mol. The molecule has 0 spiro atoms. The van der Waals surface area contributed by atoms with Crippen molar-refractivity contribution < 1.29 is 4.74 Å². The highest BCUT2D eigenvalue weighted by molar-refractivity contribution is 7.08. The minimum atomic E-state index is 0.756. The molecule has 0 fully saturated rings. The van der Waals surface area contributed by atoms with Crippen LogP contribution in [0.5, 0.6) is 5.75 Å². The molecule has 0 aliphatic rings. The molecule has 3 nitrogen and oxygen atoms in total. The molecule has 0 aliphatic heterocycles. The summed E-state index contributed by atoms with van der Waals surface area (Å²) in [4.78, 5) is 9.29. The molecule has 0 bridgehead atoms. The molecule has 1 aromatic heterocycles. The Morgan fingerprint density at radius 2 is 1.86 bits per heavy atom. The Morgan fingerprint density at radius 1 is 1.07 bits per heavy atom. The van der Waals surface area contributed by atoms with Gasteiger partial charge in [0.05, 0.1) is 7.11 Å². The lowest BCUT2D eigenvalue weighted by Gasteiger charge is -2.12. The van der Waals surface area contributed by atoms with E-state index in [0.717, 1.165) is 40.4 Å². The minimum Gasteiger partial charge on any atom is -0.496 e. The quantitative estimate of drug-likeness (QED) is 0.378. The maximum atomic E-state index is 5.69. The first-order valence-corrected chi connectivity index (χ1v) is 10.3. The molecule has 0 saturated heterocycles. The number of hydrogen-bond donors (Lipinski definition) is 0. The second-order valence-corrected chi connectivity index (χ2v) is 7.38. The van der Waals surface area contributed by atoms with Crippen molar-refractivity contribution in [2.75, 3.05) is 14.2 Å². The van der Waals surface area contributed by atoms with Crippen LogP contribution in [0.2, 0.25) is 0 Å². The predicted octanol–water partition coefficient (Wildman–Crippen LogP) is 6.18. The summed E-state index contributed by atoms with van der Waals surface area (Å²) in [7, 11) is 3.51. The third-order valence-corrected chi connectivity index (χ3v) is 5.75. The Balaban J connectivity index is 1.99. The molecule has 2 aromatic carbocycles. The zero-order valence-electron chi connectivity index (χ0n) is 17.1. The molecule has 0 aliphatic carbocycles. The van der Waals surface area contributed by atoms with Gasteiger partial charge in [-0.05, 0) is 65.4 Å². The zero-order chi connectivity index (χ0) is 20.1. The first-order valence-electron chi connectivity index (χ1n) is 9.41. The molecule has 3 aromatic rings. The SMILES string of the molecule is CCc1ccccc1C(N=C(C)c1ccc(-c2cscc2C)c(OC)c1)=NC. The van der Waals surface area contributed by atoms with E-state index in [9.17, 15) is 0 Å². The van der Waals surface area contributed by atoms with E-state index in [1.54, 1.807) is 25.5 Å². The number of ether oxygens (including phenoxy) is 1. The Labute approximate surface area is 171 Å². The number of aryl methyl sites for hydroxylation is 2. The normalized spacial score (nSPS) is 12.3. The van der Waals surface area contributed by atoms with Crippen LogP contribution in [-0.2, 0) is 6.42 Å². The number of methoxy groups -OCH3 is 1. The molecule has 144 valence electrons. The van der Waals surface area contributed by atoms with Gasteiger partial charge in [-0.15, -0.1) is 0 Å². The maximum absolute atomic E-state index is 5.69. The van der Waals surface area contributed by atoms with Gasteiger partial charge in [0.15, 0.2) is 5.84 Å². The van der Waals surface area contributed by atoms with E-state index in [2.05, 4.69) is 66.0 Å². The van der Waals surface area contributed by atoms with Crippen LogP contribution < -0.4 is 4.74 Å². The topological polar surface area (TPSA) is 34.0 Å². The number of rotatable bonds is 5. The zero-order valence-corrected chi connectivity index (χ0v) is 17.9. The van der Waals surface area contributed by atoms with Crippen LogP contribution in [0.15, 0.2) is 63.2 Å². The van der Waals surface area contributed by atoms with Crippen LogP contribution in [0.1, 0.15) is 36.1 Å². The van der Waals surface area contributed by atoms with Gasteiger partial charge in [0.25, 0.3) is 0 Å². The van der Waals surface area contributed by atoms with E-state index in [-0.39, 0.29) is 0 Å². The number of nitrogens with zero attached hydrogens (tertiary/aromatic N) is 2. The van der Waals surface area contributed by atoms with Crippen LogP contribution in [0.3, 0.4) is 0 Å². The lowest BCUT2D eigenvalue weighted by molar-refractivity contribution is 0.416. The van der Waals surface area contributed by atoms with Crippen molar-refractivity contribution in [3.8, 4) is 16.9 Å². The second kappa shape index (κ2) is 8.98. The molecule has 4 heteroatoms. The summed E-state index contributed by atoms with van der Waals surface area (Å²) in [6.45, 7) is 6.30. The van der Waals surface area contributed by atoms with Crippen LogP contribution in [-0.4, -0.2) is 25.7 Å². The fourth-order valence-corrected chi connectivity index (χ4v) is 4.12. The molecule has 0 atom stereocenters. The van der Waals surface area contributed by atoms with E-state index < -0.39 is 0 Å². The van der Waals surface area contributed by atoms with E-state index in [4.69, 9.17) is 9.73 Å². The number of hydrogen-bond acceptors (Lipinski definition) is 3. The summed E-state index contributed by atoms with van der Waals surface area (Å²) in [6.07, 6.45) is 0.951. The van der Waals surface area contributed by atoms with E-state index in [0.29, 0.717) is 0 Å². The lowest BCUT2D eigenvalue weighted by atomic mass is 10.0. The Morgan fingerprint density at radius 3 is 2.50 bits per heavy atom. The highest BCUT2D eigenvalue weighted by atomic mass is 32.1. The van der Waals surface area contributed by atoms with Gasteiger partial charge in [-0.3, -0.25) is 4.99 Å². The Bertz CT molecular complexity index is 1030. The number of aliphatic imine (C=N–C) groups is 2. The fraction of sp³-hybridized carbons (Fsp3) is 0.250. The molecule has 0 unspecified atom stereocenters. The van der Waals surface area contributed by atoms with Crippen molar-refractivity contribution in [1.82, 2.24) is 0 Å². The summed E-state index contributed by atoms with van der Waals surface area (Å²) in [5, 5.41) is 4.32. The van der Waals surface area contributed by atoms with Crippen LogP contribution in [0.4, 0.5) is 0 Å². The van der Waals surface area contributed by atoms with Crippen molar-refractivity contribution in [2.45, 2.75) is 27.2 Å². The number of amidine groups is 1. The van der Waals surface area contributed by atoms with Crippen molar-refractivity contribution >= 4 is 22.9 Å². The molecular formula is C24H26N2OS.